The van der Waals surface area contributed by atoms with Gasteiger partial charge in [0.05, 0.1) is 48.4 Å². The van der Waals surface area contributed by atoms with Gasteiger partial charge in [-0.3, -0.25) is 4.98 Å². The van der Waals surface area contributed by atoms with Crippen LogP contribution < -0.4 is 20.1 Å². The molecule has 2 aromatic carbocycles. The number of methoxy groups -OCH3 is 2. The molecule has 4 aromatic rings. The quantitative estimate of drug-likeness (QED) is 0.138. The Morgan fingerprint density at radius 2 is 1.49 bits per heavy atom. The van der Waals surface area contributed by atoms with E-state index >= 15 is 0 Å². The lowest BCUT2D eigenvalue weighted by molar-refractivity contribution is -0.136. The predicted molar refractivity (Wildman–Crippen MR) is 168 cm³/mol. The lowest BCUT2D eigenvalue weighted by atomic mass is 9.92. The van der Waals surface area contributed by atoms with Crippen molar-refractivity contribution in [2.75, 3.05) is 27.3 Å². The molecular formula is C33H36ClF3N4O4. The molecule has 4 rings (SSSR count). The van der Waals surface area contributed by atoms with Crippen molar-refractivity contribution in [2.45, 2.75) is 45.3 Å². The van der Waals surface area contributed by atoms with Crippen molar-refractivity contribution in [2.24, 2.45) is 0 Å². The van der Waals surface area contributed by atoms with E-state index in [2.05, 4.69) is 20.6 Å². The lowest BCUT2D eigenvalue weighted by Gasteiger charge is -2.20. The fourth-order valence-corrected chi connectivity index (χ4v) is 5.27. The van der Waals surface area contributed by atoms with Crippen LogP contribution in [0.1, 0.15) is 30.5 Å². The topological polar surface area (TPSA) is 109 Å². The zero-order valence-corrected chi connectivity index (χ0v) is 26.1. The summed E-state index contributed by atoms with van der Waals surface area (Å²) >= 11 is 6.82. The molecule has 4 N–H and O–H groups in total. The monoisotopic (exact) mass is 644 g/mol. The fourth-order valence-electron chi connectivity index (χ4n) is 4.95. The van der Waals surface area contributed by atoms with E-state index in [9.17, 15) is 23.4 Å². The summed E-state index contributed by atoms with van der Waals surface area (Å²) in [6.45, 7) is 4.80. The minimum Gasteiger partial charge on any atom is -0.496 e. The number of aliphatic hydroxyl groups excluding tert-OH is 2. The second kappa shape index (κ2) is 15.0. The summed E-state index contributed by atoms with van der Waals surface area (Å²) in [7, 11) is 2.92. The molecule has 0 aliphatic heterocycles. The standard InChI is InChI=1S/C33H36ClF3N4O4/c1-19(42)15-38-17-22-9-8-21(14-28(22)44-3)31-30(34)25(12-13-40-31)24-6-5-7-26(29(24)33(35,36)37)27-11-10-23(32(41-27)45-4)18-39-16-20(2)43/h5-14,19-20,38-39,42-43H,15-18H2,1-4H3/t19-,20-/m1/s1. The molecule has 2 heterocycles. The Balaban J connectivity index is 1.77. The van der Waals surface area contributed by atoms with Crippen molar-refractivity contribution in [3.8, 4) is 45.3 Å². The Morgan fingerprint density at radius 1 is 0.844 bits per heavy atom. The van der Waals surface area contributed by atoms with E-state index in [1.165, 1.54) is 50.7 Å². The second-order valence-electron chi connectivity index (χ2n) is 10.6. The number of benzene rings is 2. The third-order valence-electron chi connectivity index (χ3n) is 7.01. The molecule has 0 aliphatic carbocycles. The first kappa shape index (κ1) is 34.1. The van der Waals surface area contributed by atoms with Crippen molar-refractivity contribution < 1.29 is 32.9 Å². The molecule has 45 heavy (non-hydrogen) atoms. The molecule has 0 amide bonds. The molecule has 12 heteroatoms. The summed E-state index contributed by atoms with van der Waals surface area (Å²) in [5.74, 6) is 0.711. The van der Waals surface area contributed by atoms with Gasteiger partial charge in [0.25, 0.3) is 0 Å². The van der Waals surface area contributed by atoms with E-state index in [1.807, 2.05) is 6.07 Å². The smallest absolute Gasteiger partial charge is 0.417 e. The van der Waals surface area contributed by atoms with Crippen molar-refractivity contribution in [1.29, 1.82) is 0 Å². The summed E-state index contributed by atoms with van der Waals surface area (Å²) < 4.78 is 55.5. The van der Waals surface area contributed by atoms with Gasteiger partial charge in [-0.05, 0) is 37.6 Å². The summed E-state index contributed by atoms with van der Waals surface area (Å²) in [4.78, 5) is 8.81. The average Bonchev–Trinajstić information content (AvgIpc) is 3.00. The Bertz CT molecular complexity index is 1620. The molecular weight excluding hydrogens is 609 g/mol. The summed E-state index contributed by atoms with van der Waals surface area (Å²) in [5, 5.41) is 25.3. The maximum Gasteiger partial charge on any atom is 0.417 e. The van der Waals surface area contributed by atoms with Gasteiger partial charge in [0.1, 0.15) is 5.75 Å². The molecule has 8 nitrogen and oxygen atoms in total. The van der Waals surface area contributed by atoms with E-state index in [1.54, 1.807) is 32.0 Å². The van der Waals surface area contributed by atoms with Crippen LogP contribution in [0.15, 0.2) is 60.8 Å². The SMILES string of the molecule is COc1cc(-c2nccc(-c3cccc(-c4ccc(CNC[C@@H](C)O)c(OC)n4)c3C(F)(F)F)c2Cl)ccc1CNC[C@@H](C)O. The number of aliphatic hydroxyl groups is 2. The van der Waals surface area contributed by atoms with Crippen LogP contribution in [0.4, 0.5) is 13.2 Å². The first-order chi connectivity index (χ1) is 21.4. The van der Waals surface area contributed by atoms with Crippen LogP contribution in [0.5, 0.6) is 11.6 Å². The third kappa shape index (κ3) is 8.30. The molecule has 0 fully saturated rings. The minimum atomic E-state index is -4.75. The van der Waals surface area contributed by atoms with Crippen molar-refractivity contribution >= 4 is 11.6 Å². The number of nitrogens with one attached hydrogen (secondary N) is 2. The molecule has 0 saturated heterocycles. The Morgan fingerprint density at radius 3 is 2.11 bits per heavy atom. The van der Waals surface area contributed by atoms with Gasteiger partial charge in [0, 0.05) is 60.2 Å². The summed E-state index contributed by atoms with van der Waals surface area (Å²) in [5.41, 5.74) is 1.41. The molecule has 240 valence electrons. The molecule has 0 spiro atoms. The fraction of sp³-hybridized carbons (Fsp3) is 0.333. The van der Waals surface area contributed by atoms with Crippen LogP contribution in [0, 0.1) is 0 Å². The van der Waals surface area contributed by atoms with Gasteiger partial charge in [0.2, 0.25) is 5.88 Å². The van der Waals surface area contributed by atoms with E-state index in [0.29, 0.717) is 48.7 Å². The molecule has 2 aromatic heterocycles. The van der Waals surface area contributed by atoms with E-state index < -0.39 is 23.9 Å². The number of ether oxygens (including phenoxy) is 2. The van der Waals surface area contributed by atoms with Crippen LogP contribution >= 0.6 is 11.6 Å². The van der Waals surface area contributed by atoms with Crippen LogP contribution in [-0.4, -0.2) is 59.7 Å². The Hall–Kier alpha value is -3.74. The summed E-state index contributed by atoms with van der Waals surface area (Å²) in [6, 6.07) is 14.2. The number of hydrogen-bond acceptors (Lipinski definition) is 8. The number of rotatable bonds is 13. The van der Waals surface area contributed by atoms with Crippen LogP contribution in [0.2, 0.25) is 5.02 Å². The number of aromatic nitrogens is 2. The molecule has 0 unspecified atom stereocenters. The molecule has 0 bridgehead atoms. The highest BCUT2D eigenvalue weighted by Gasteiger charge is 2.38. The van der Waals surface area contributed by atoms with Gasteiger partial charge in [-0.1, -0.05) is 48.0 Å². The highest BCUT2D eigenvalue weighted by atomic mass is 35.5. The van der Waals surface area contributed by atoms with Gasteiger partial charge in [0.15, 0.2) is 0 Å². The van der Waals surface area contributed by atoms with E-state index in [4.69, 9.17) is 21.1 Å². The second-order valence-corrected chi connectivity index (χ2v) is 11.0. The normalized spacial score (nSPS) is 13.0. The van der Waals surface area contributed by atoms with Gasteiger partial charge in [-0.25, -0.2) is 4.98 Å². The number of nitrogens with zero attached hydrogens (tertiary/aromatic N) is 2. The van der Waals surface area contributed by atoms with Gasteiger partial charge < -0.3 is 30.3 Å². The van der Waals surface area contributed by atoms with Gasteiger partial charge in [-0.15, -0.1) is 0 Å². The number of pyridine rings is 2. The predicted octanol–water partition coefficient (Wildman–Crippen LogP) is 6.11. The number of hydrogen-bond donors (Lipinski definition) is 4. The first-order valence-electron chi connectivity index (χ1n) is 14.3. The lowest BCUT2D eigenvalue weighted by Crippen LogP contribution is -2.24. The molecule has 0 aliphatic rings. The van der Waals surface area contributed by atoms with Crippen molar-refractivity contribution in [3.63, 3.8) is 0 Å². The zero-order chi connectivity index (χ0) is 32.7. The highest BCUT2D eigenvalue weighted by Crippen LogP contribution is 2.46. The zero-order valence-electron chi connectivity index (χ0n) is 25.4. The summed E-state index contributed by atoms with van der Waals surface area (Å²) in [6.07, 6.45) is -4.41. The first-order valence-corrected chi connectivity index (χ1v) is 14.7. The third-order valence-corrected chi connectivity index (χ3v) is 7.39. The van der Waals surface area contributed by atoms with Gasteiger partial charge >= 0.3 is 6.18 Å². The number of alkyl halides is 3. The highest BCUT2D eigenvalue weighted by molar-refractivity contribution is 6.35. The van der Waals surface area contributed by atoms with Gasteiger partial charge in [-0.2, -0.15) is 13.2 Å². The minimum absolute atomic E-state index is 0.0484. The molecule has 2 atom stereocenters. The molecule has 0 saturated carbocycles. The van der Waals surface area contributed by atoms with Crippen LogP contribution in [-0.2, 0) is 19.3 Å². The van der Waals surface area contributed by atoms with Crippen molar-refractivity contribution in [1.82, 2.24) is 20.6 Å². The van der Waals surface area contributed by atoms with Crippen LogP contribution in [0.25, 0.3) is 33.6 Å². The maximum atomic E-state index is 14.8. The number of halogens is 4. The Kier molecular flexibility index (Phi) is 11.4. The van der Waals surface area contributed by atoms with E-state index in [-0.39, 0.29) is 33.3 Å². The van der Waals surface area contributed by atoms with Crippen LogP contribution in [0.3, 0.4) is 0 Å². The average molecular weight is 645 g/mol. The van der Waals surface area contributed by atoms with E-state index in [0.717, 1.165) is 5.56 Å². The Labute approximate surface area is 265 Å². The largest absolute Gasteiger partial charge is 0.496 e. The maximum absolute atomic E-state index is 14.8. The molecule has 0 radical (unpaired) electrons. The van der Waals surface area contributed by atoms with Crippen molar-refractivity contribution in [3.05, 3.63) is 82.5 Å².